The monoisotopic (exact) mass is 474 g/mol. The molecule has 0 bridgehead atoms. The van der Waals surface area contributed by atoms with E-state index < -0.39 is 21.9 Å². The van der Waals surface area contributed by atoms with Crippen molar-refractivity contribution in [2.75, 3.05) is 19.0 Å². The van der Waals surface area contributed by atoms with E-state index in [-0.39, 0.29) is 17.0 Å². The van der Waals surface area contributed by atoms with Crippen LogP contribution >= 0.6 is 0 Å². The summed E-state index contributed by atoms with van der Waals surface area (Å²) in [5.41, 5.74) is 2.38. The van der Waals surface area contributed by atoms with E-state index in [4.69, 9.17) is 4.74 Å². The summed E-state index contributed by atoms with van der Waals surface area (Å²) in [5, 5.41) is 2.75. The highest BCUT2D eigenvalue weighted by Gasteiger charge is 2.15. The number of esters is 1. The first-order valence-electron chi connectivity index (χ1n) is 10.1. The fourth-order valence-electron chi connectivity index (χ4n) is 2.92. The number of nitrogens with one attached hydrogen (secondary N) is 2. The maximum atomic E-state index is 12.7. The summed E-state index contributed by atoms with van der Waals surface area (Å²) in [6.45, 7) is 3.57. The lowest BCUT2D eigenvalue weighted by Crippen LogP contribution is -2.24. The number of amides is 1. The number of ether oxygens (including phenoxy) is 1. The molecule has 8 heteroatoms. The molecule has 0 unspecified atom stereocenters. The molecule has 0 saturated heterocycles. The fraction of sp³-hybridized carbons (Fsp3) is 0.0769. The smallest absolute Gasteiger partial charge is 0.337 e. The highest BCUT2D eigenvalue weighted by molar-refractivity contribution is 7.89. The molecular formula is C26H22N2O5S. The van der Waals surface area contributed by atoms with Gasteiger partial charge in [0.25, 0.3) is 5.91 Å². The van der Waals surface area contributed by atoms with E-state index >= 15 is 0 Å². The Labute approximate surface area is 198 Å². The number of hydrogen-bond donors (Lipinski definition) is 2. The lowest BCUT2D eigenvalue weighted by Gasteiger charge is -2.08. The third-order valence-corrected chi connectivity index (χ3v) is 6.00. The number of hydrogen-bond acceptors (Lipinski definition) is 5. The average Bonchev–Trinajstić information content (AvgIpc) is 2.86. The second kappa shape index (κ2) is 11.1. The van der Waals surface area contributed by atoms with Gasteiger partial charge >= 0.3 is 5.97 Å². The third kappa shape index (κ3) is 6.42. The predicted molar refractivity (Wildman–Crippen MR) is 130 cm³/mol. The molecule has 0 spiro atoms. The molecule has 0 aliphatic rings. The molecule has 3 aromatic carbocycles. The van der Waals surface area contributed by atoms with E-state index in [0.29, 0.717) is 22.4 Å². The quantitative estimate of drug-likeness (QED) is 0.310. The van der Waals surface area contributed by atoms with Crippen molar-refractivity contribution >= 4 is 27.6 Å². The number of methoxy groups -OCH3 is 1. The summed E-state index contributed by atoms with van der Waals surface area (Å²) in [6.07, 6.45) is 1.43. The van der Waals surface area contributed by atoms with Crippen molar-refractivity contribution < 1.29 is 22.7 Å². The van der Waals surface area contributed by atoms with E-state index in [1.165, 1.54) is 37.5 Å². The highest BCUT2D eigenvalue weighted by Crippen LogP contribution is 2.15. The van der Waals surface area contributed by atoms with Gasteiger partial charge in [0.2, 0.25) is 10.0 Å². The van der Waals surface area contributed by atoms with Gasteiger partial charge in [0.05, 0.1) is 17.6 Å². The van der Waals surface area contributed by atoms with Crippen molar-refractivity contribution in [3.63, 3.8) is 0 Å². The van der Waals surface area contributed by atoms with E-state index in [2.05, 4.69) is 28.5 Å². The van der Waals surface area contributed by atoms with Crippen LogP contribution in [0.4, 0.5) is 5.69 Å². The molecule has 2 N–H and O–H groups in total. The molecule has 0 aliphatic carbocycles. The second-order valence-electron chi connectivity index (χ2n) is 7.03. The lowest BCUT2D eigenvalue weighted by molar-refractivity contribution is 0.0600. The molecule has 0 aliphatic heterocycles. The van der Waals surface area contributed by atoms with Gasteiger partial charge in [0.1, 0.15) is 0 Å². The Morgan fingerprint density at radius 2 is 1.59 bits per heavy atom. The molecular weight excluding hydrogens is 452 g/mol. The molecule has 0 atom stereocenters. The highest BCUT2D eigenvalue weighted by atomic mass is 32.2. The summed E-state index contributed by atoms with van der Waals surface area (Å²) in [5.74, 6) is 5.08. The first-order valence-corrected chi connectivity index (χ1v) is 11.6. The zero-order valence-electron chi connectivity index (χ0n) is 18.4. The maximum absolute atomic E-state index is 12.7. The van der Waals surface area contributed by atoms with Gasteiger partial charge in [-0.3, -0.25) is 4.79 Å². The summed E-state index contributed by atoms with van der Waals surface area (Å²) < 4.78 is 31.7. The van der Waals surface area contributed by atoms with Crippen molar-refractivity contribution in [1.82, 2.24) is 4.72 Å². The van der Waals surface area contributed by atoms with E-state index in [1.807, 2.05) is 0 Å². The van der Waals surface area contributed by atoms with Crippen LogP contribution < -0.4 is 10.0 Å². The minimum atomic E-state index is -3.75. The third-order valence-electron chi connectivity index (χ3n) is 4.58. The van der Waals surface area contributed by atoms with Crippen LogP contribution in [-0.2, 0) is 14.8 Å². The van der Waals surface area contributed by atoms with Crippen LogP contribution in [0.5, 0.6) is 0 Å². The molecule has 0 radical (unpaired) electrons. The predicted octanol–water partition coefficient (Wildman–Crippen LogP) is 3.59. The summed E-state index contributed by atoms with van der Waals surface area (Å²) in [4.78, 5) is 24.4. The van der Waals surface area contributed by atoms with Gasteiger partial charge in [0, 0.05) is 28.9 Å². The Hall–Kier alpha value is -4.19. The lowest BCUT2D eigenvalue weighted by atomic mass is 10.1. The van der Waals surface area contributed by atoms with Gasteiger partial charge in [-0.25, -0.2) is 17.9 Å². The fourth-order valence-corrected chi connectivity index (χ4v) is 3.96. The van der Waals surface area contributed by atoms with Crippen molar-refractivity contribution in [3.05, 3.63) is 108 Å². The van der Waals surface area contributed by atoms with Gasteiger partial charge in [0.15, 0.2) is 0 Å². The molecule has 0 heterocycles. The number of anilines is 1. The van der Waals surface area contributed by atoms with Gasteiger partial charge in [-0.15, -0.1) is 6.58 Å². The van der Waals surface area contributed by atoms with E-state index in [1.54, 1.807) is 48.5 Å². The van der Waals surface area contributed by atoms with Crippen molar-refractivity contribution in [2.45, 2.75) is 4.90 Å². The van der Waals surface area contributed by atoms with Gasteiger partial charge in [-0.1, -0.05) is 36.1 Å². The van der Waals surface area contributed by atoms with Gasteiger partial charge in [-0.05, 0) is 54.6 Å². The van der Waals surface area contributed by atoms with Crippen molar-refractivity contribution in [3.8, 4) is 11.8 Å². The minimum absolute atomic E-state index is 0.0178. The van der Waals surface area contributed by atoms with Crippen LogP contribution in [-0.4, -0.2) is 33.9 Å². The Bertz CT molecular complexity index is 1400. The van der Waals surface area contributed by atoms with Crippen LogP contribution in [0.25, 0.3) is 0 Å². The van der Waals surface area contributed by atoms with E-state index in [0.717, 1.165) is 0 Å². The standard InChI is InChI=1S/C26H22N2O5S/c1-3-15-27-34(31,32)24-12-6-9-21(18-24)25(29)28-23-11-5-8-20(17-23)14-13-19-7-4-10-22(16-19)26(30)33-2/h3-12,16-18,27H,1,15H2,2H3,(H,28,29). The largest absolute Gasteiger partial charge is 0.465 e. The minimum Gasteiger partial charge on any atom is -0.465 e. The molecule has 172 valence electrons. The van der Waals surface area contributed by atoms with Crippen LogP contribution in [0.2, 0.25) is 0 Å². The van der Waals surface area contributed by atoms with Crippen LogP contribution in [0.1, 0.15) is 31.8 Å². The first-order chi connectivity index (χ1) is 16.3. The molecule has 0 aromatic heterocycles. The molecule has 1 amide bonds. The van der Waals surface area contributed by atoms with Crippen molar-refractivity contribution in [2.24, 2.45) is 0 Å². The first kappa shape index (κ1) is 24.5. The summed E-state index contributed by atoms with van der Waals surface area (Å²) >= 11 is 0. The molecule has 3 rings (SSSR count). The number of carbonyl (C=O) groups excluding carboxylic acids is 2. The normalized spacial score (nSPS) is 10.5. The van der Waals surface area contributed by atoms with E-state index in [9.17, 15) is 18.0 Å². The van der Waals surface area contributed by atoms with Crippen LogP contribution in [0, 0.1) is 11.8 Å². The molecule has 3 aromatic rings. The Morgan fingerprint density at radius 3 is 2.29 bits per heavy atom. The molecule has 34 heavy (non-hydrogen) atoms. The maximum Gasteiger partial charge on any atom is 0.337 e. The summed E-state index contributed by atoms with van der Waals surface area (Å²) in [7, 11) is -2.44. The number of benzene rings is 3. The zero-order chi connectivity index (χ0) is 24.6. The number of carbonyl (C=O) groups is 2. The Balaban J connectivity index is 1.76. The number of rotatable bonds is 7. The second-order valence-corrected chi connectivity index (χ2v) is 8.79. The molecule has 0 fully saturated rings. The zero-order valence-corrected chi connectivity index (χ0v) is 19.2. The topological polar surface area (TPSA) is 102 Å². The summed E-state index contributed by atoms with van der Waals surface area (Å²) in [6, 6.07) is 19.4. The van der Waals surface area contributed by atoms with Crippen LogP contribution in [0.15, 0.2) is 90.3 Å². The van der Waals surface area contributed by atoms with Crippen molar-refractivity contribution in [1.29, 1.82) is 0 Å². The SMILES string of the molecule is C=CCNS(=O)(=O)c1cccc(C(=O)Nc2cccc(C#Cc3cccc(C(=O)OC)c3)c2)c1. The van der Waals surface area contributed by atoms with Crippen LogP contribution in [0.3, 0.4) is 0 Å². The number of sulfonamides is 1. The van der Waals surface area contributed by atoms with Gasteiger partial charge in [-0.2, -0.15) is 0 Å². The Kier molecular flexibility index (Phi) is 7.98. The molecule has 7 nitrogen and oxygen atoms in total. The van der Waals surface area contributed by atoms with Gasteiger partial charge < -0.3 is 10.1 Å². The Morgan fingerprint density at radius 1 is 0.941 bits per heavy atom. The molecule has 0 saturated carbocycles. The average molecular weight is 475 g/mol.